The van der Waals surface area contributed by atoms with Crippen LogP contribution in [0.1, 0.15) is 66.7 Å². The van der Waals surface area contributed by atoms with Gasteiger partial charge in [0.2, 0.25) is 0 Å². The highest BCUT2D eigenvalue weighted by atomic mass is 15.2. The van der Waals surface area contributed by atoms with Gasteiger partial charge in [0.1, 0.15) is 0 Å². The number of hydrogen-bond donors (Lipinski definition) is 1. The molecule has 1 N–H and O–H groups in total. The van der Waals surface area contributed by atoms with Crippen LogP contribution in [-0.2, 0) is 0 Å². The Kier molecular flexibility index (Phi) is 7.25. The highest BCUT2D eigenvalue weighted by Gasteiger charge is 2.29. The molecule has 0 bridgehead atoms. The van der Waals surface area contributed by atoms with Gasteiger partial charge in [0.05, 0.1) is 0 Å². The summed E-state index contributed by atoms with van der Waals surface area (Å²) < 4.78 is 0. The summed E-state index contributed by atoms with van der Waals surface area (Å²) in [5.74, 6) is 0.770. The van der Waals surface area contributed by atoms with Crippen molar-refractivity contribution in [2.24, 2.45) is 5.92 Å². The van der Waals surface area contributed by atoms with Crippen LogP contribution in [-0.4, -0.2) is 36.1 Å². The normalized spacial score (nSPS) is 20.8. The second kappa shape index (κ2) is 8.16. The molecule has 1 aliphatic rings. The molecule has 0 aromatic carbocycles. The molecule has 0 aromatic rings. The van der Waals surface area contributed by atoms with Crippen molar-refractivity contribution in [2.75, 3.05) is 13.1 Å². The molecular formula is C16H34N2. The molecule has 1 saturated carbocycles. The molecule has 1 fully saturated rings. The van der Waals surface area contributed by atoms with Gasteiger partial charge >= 0.3 is 0 Å². The topological polar surface area (TPSA) is 15.3 Å². The van der Waals surface area contributed by atoms with E-state index in [4.69, 9.17) is 0 Å². The summed E-state index contributed by atoms with van der Waals surface area (Å²) in [6.07, 6.45) is 6.92. The minimum atomic E-state index is 0.601. The average Bonchev–Trinajstić information content (AvgIpc) is 2.85. The second-order valence-corrected chi connectivity index (χ2v) is 6.51. The molecule has 0 saturated heterocycles. The SMILES string of the molecule is CCCNC(C)C(C)N(CC(C)C)C1CCCC1. The summed E-state index contributed by atoms with van der Waals surface area (Å²) >= 11 is 0. The van der Waals surface area contributed by atoms with Crippen LogP contribution < -0.4 is 5.32 Å². The molecule has 0 spiro atoms. The van der Waals surface area contributed by atoms with Crippen LogP contribution in [0.5, 0.6) is 0 Å². The Bertz CT molecular complexity index is 209. The molecule has 0 aliphatic heterocycles. The van der Waals surface area contributed by atoms with E-state index in [9.17, 15) is 0 Å². The Morgan fingerprint density at radius 1 is 1.11 bits per heavy atom. The van der Waals surface area contributed by atoms with Crippen molar-refractivity contribution in [1.82, 2.24) is 10.2 Å². The van der Waals surface area contributed by atoms with Gasteiger partial charge in [-0.1, -0.05) is 33.6 Å². The van der Waals surface area contributed by atoms with Crippen molar-refractivity contribution < 1.29 is 0 Å². The largest absolute Gasteiger partial charge is 0.313 e. The van der Waals surface area contributed by atoms with Gasteiger partial charge in [-0.05, 0) is 45.6 Å². The first-order valence-corrected chi connectivity index (χ1v) is 8.05. The van der Waals surface area contributed by atoms with E-state index < -0.39 is 0 Å². The first kappa shape index (κ1) is 16.0. The molecule has 0 aromatic heterocycles. The maximum Gasteiger partial charge on any atom is 0.0221 e. The van der Waals surface area contributed by atoms with Crippen molar-refractivity contribution in [1.29, 1.82) is 0 Å². The van der Waals surface area contributed by atoms with E-state index in [0.717, 1.165) is 18.5 Å². The zero-order valence-electron chi connectivity index (χ0n) is 13.2. The smallest absolute Gasteiger partial charge is 0.0221 e. The van der Waals surface area contributed by atoms with Crippen LogP contribution in [0.2, 0.25) is 0 Å². The third-order valence-electron chi connectivity index (χ3n) is 4.33. The summed E-state index contributed by atoms with van der Waals surface area (Å²) in [7, 11) is 0. The molecule has 0 radical (unpaired) electrons. The van der Waals surface area contributed by atoms with Gasteiger partial charge in [0.25, 0.3) is 0 Å². The molecule has 0 amide bonds. The van der Waals surface area contributed by atoms with E-state index in [1.165, 1.54) is 38.6 Å². The molecule has 0 heterocycles. The fourth-order valence-electron chi connectivity index (χ4n) is 3.14. The van der Waals surface area contributed by atoms with Crippen LogP contribution in [0.15, 0.2) is 0 Å². The zero-order chi connectivity index (χ0) is 13.5. The maximum atomic E-state index is 3.67. The highest BCUT2D eigenvalue weighted by molar-refractivity contribution is 4.86. The van der Waals surface area contributed by atoms with Gasteiger partial charge in [0, 0.05) is 24.7 Å². The van der Waals surface area contributed by atoms with Crippen molar-refractivity contribution >= 4 is 0 Å². The zero-order valence-corrected chi connectivity index (χ0v) is 13.2. The summed E-state index contributed by atoms with van der Waals surface area (Å²) in [5.41, 5.74) is 0. The quantitative estimate of drug-likeness (QED) is 0.711. The van der Waals surface area contributed by atoms with Crippen molar-refractivity contribution in [3.8, 4) is 0 Å². The molecule has 2 atom stereocenters. The Hall–Kier alpha value is -0.0800. The first-order chi connectivity index (χ1) is 8.56. The number of rotatable bonds is 8. The van der Waals surface area contributed by atoms with Gasteiger partial charge in [-0.25, -0.2) is 0 Å². The number of hydrogen-bond acceptors (Lipinski definition) is 2. The molecule has 108 valence electrons. The summed E-state index contributed by atoms with van der Waals surface area (Å²) in [6.45, 7) is 14.1. The lowest BCUT2D eigenvalue weighted by Crippen LogP contribution is -2.51. The standard InChI is InChI=1S/C16H34N2/c1-6-11-17-14(4)15(5)18(12-13(2)3)16-9-7-8-10-16/h13-17H,6-12H2,1-5H3. The number of nitrogens with zero attached hydrogens (tertiary/aromatic N) is 1. The van der Waals surface area contributed by atoms with Crippen molar-refractivity contribution in [3.63, 3.8) is 0 Å². The number of nitrogens with one attached hydrogen (secondary N) is 1. The molecule has 18 heavy (non-hydrogen) atoms. The predicted octanol–water partition coefficient (Wildman–Crippen LogP) is 3.66. The Morgan fingerprint density at radius 3 is 2.22 bits per heavy atom. The Labute approximate surface area is 115 Å². The molecule has 1 rings (SSSR count). The molecular weight excluding hydrogens is 220 g/mol. The summed E-state index contributed by atoms with van der Waals surface area (Å²) in [6, 6.07) is 2.10. The highest BCUT2D eigenvalue weighted by Crippen LogP contribution is 2.26. The predicted molar refractivity (Wildman–Crippen MR) is 81.0 cm³/mol. The van der Waals surface area contributed by atoms with Gasteiger partial charge in [-0.15, -0.1) is 0 Å². The second-order valence-electron chi connectivity index (χ2n) is 6.51. The van der Waals surface area contributed by atoms with Crippen LogP contribution in [0.4, 0.5) is 0 Å². The van der Waals surface area contributed by atoms with E-state index in [1.54, 1.807) is 0 Å². The van der Waals surface area contributed by atoms with Gasteiger partial charge in [0.15, 0.2) is 0 Å². The van der Waals surface area contributed by atoms with E-state index in [2.05, 4.69) is 44.8 Å². The lowest BCUT2D eigenvalue weighted by molar-refractivity contribution is 0.105. The first-order valence-electron chi connectivity index (χ1n) is 8.05. The minimum absolute atomic E-state index is 0.601. The Morgan fingerprint density at radius 2 is 1.72 bits per heavy atom. The fourth-order valence-corrected chi connectivity index (χ4v) is 3.14. The average molecular weight is 254 g/mol. The van der Waals surface area contributed by atoms with E-state index in [1.807, 2.05) is 0 Å². The summed E-state index contributed by atoms with van der Waals surface area (Å²) in [4.78, 5) is 2.78. The van der Waals surface area contributed by atoms with Gasteiger partial charge in [-0.2, -0.15) is 0 Å². The molecule has 2 heteroatoms. The van der Waals surface area contributed by atoms with Crippen molar-refractivity contribution in [2.45, 2.75) is 84.8 Å². The molecule has 1 aliphatic carbocycles. The van der Waals surface area contributed by atoms with E-state index >= 15 is 0 Å². The van der Waals surface area contributed by atoms with E-state index in [-0.39, 0.29) is 0 Å². The molecule has 2 unspecified atom stereocenters. The van der Waals surface area contributed by atoms with Crippen molar-refractivity contribution in [3.05, 3.63) is 0 Å². The third-order valence-corrected chi connectivity index (χ3v) is 4.33. The summed E-state index contributed by atoms with van der Waals surface area (Å²) in [5, 5.41) is 3.67. The van der Waals surface area contributed by atoms with Crippen LogP contribution in [0, 0.1) is 5.92 Å². The lowest BCUT2D eigenvalue weighted by atomic mass is 10.0. The maximum absolute atomic E-state index is 3.67. The Balaban J connectivity index is 2.56. The van der Waals surface area contributed by atoms with Crippen LogP contribution >= 0.6 is 0 Å². The third kappa shape index (κ3) is 4.89. The molecule has 2 nitrogen and oxygen atoms in total. The fraction of sp³-hybridized carbons (Fsp3) is 1.00. The van der Waals surface area contributed by atoms with Crippen LogP contribution in [0.25, 0.3) is 0 Å². The van der Waals surface area contributed by atoms with Gasteiger partial charge in [-0.3, -0.25) is 4.90 Å². The monoisotopic (exact) mass is 254 g/mol. The lowest BCUT2D eigenvalue weighted by Gasteiger charge is -2.39. The van der Waals surface area contributed by atoms with Crippen LogP contribution in [0.3, 0.4) is 0 Å². The minimum Gasteiger partial charge on any atom is -0.313 e. The van der Waals surface area contributed by atoms with E-state index in [0.29, 0.717) is 12.1 Å². The van der Waals surface area contributed by atoms with Gasteiger partial charge < -0.3 is 5.32 Å².